The van der Waals surface area contributed by atoms with Gasteiger partial charge in [0, 0.05) is 6.08 Å². The second-order valence-electron chi connectivity index (χ2n) is 6.62. The third kappa shape index (κ3) is 3.67. The Morgan fingerprint density at radius 2 is 1.92 bits per heavy atom. The van der Waals surface area contributed by atoms with Crippen molar-refractivity contribution in [2.75, 3.05) is 5.32 Å². The highest BCUT2D eigenvalue weighted by molar-refractivity contribution is 6.07. The Hall–Kier alpha value is -2.95. The summed E-state index contributed by atoms with van der Waals surface area (Å²) in [4.78, 5) is 23.7. The summed E-state index contributed by atoms with van der Waals surface area (Å²) in [6.07, 6.45) is 4.26. The zero-order valence-electron chi connectivity index (χ0n) is 14.7. The molecule has 134 valence electrons. The Morgan fingerprint density at radius 3 is 2.65 bits per heavy atom. The van der Waals surface area contributed by atoms with E-state index in [4.69, 9.17) is 0 Å². The van der Waals surface area contributed by atoms with Gasteiger partial charge in [-0.05, 0) is 73.6 Å². The van der Waals surface area contributed by atoms with Crippen LogP contribution in [0.4, 0.5) is 10.1 Å². The molecule has 0 saturated heterocycles. The summed E-state index contributed by atoms with van der Waals surface area (Å²) in [6, 6.07) is 7.50. The number of aryl methyl sites for hydroxylation is 2. The first kappa shape index (κ1) is 17.9. The molecule has 2 aromatic rings. The third-order valence-electron chi connectivity index (χ3n) is 4.61. The van der Waals surface area contributed by atoms with E-state index in [2.05, 4.69) is 24.4 Å². The van der Waals surface area contributed by atoms with Crippen molar-refractivity contribution >= 4 is 23.1 Å². The number of halogens is 1. The summed E-state index contributed by atoms with van der Waals surface area (Å²) in [6.45, 7) is 4.10. The number of aromatic carboxylic acids is 1. The highest BCUT2D eigenvalue weighted by atomic mass is 19.1. The minimum atomic E-state index is -1.29. The highest BCUT2D eigenvalue weighted by Crippen LogP contribution is 2.33. The van der Waals surface area contributed by atoms with Crippen LogP contribution in [0, 0.1) is 19.7 Å². The van der Waals surface area contributed by atoms with E-state index in [9.17, 15) is 19.1 Å². The molecule has 0 heterocycles. The molecular formula is C21H20FNO3. The van der Waals surface area contributed by atoms with Crippen LogP contribution >= 0.6 is 0 Å². The smallest absolute Gasteiger partial charge is 0.337 e. The molecule has 26 heavy (non-hydrogen) atoms. The maximum Gasteiger partial charge on any atom is 0.337 e. The molecule has 5 heteroatoms. The monoisotopic (exact) mass is 353 g/mol. The average Bonchev–Trinajstić information content (AvgIpc) is 2.57. The number of carboxylic acid groups (broad SMARTS) is 1. The molecule has 1 aliphatic rings. The number of hydrogen-bond acceptors (Lipinski definition) is 2. The lowest BCUT2D eigenvalue weighted by Crippen LogP contribution is -2.14. The fourth-order valence-electron chi connectivity index (χ4n) is 3.49. The lowest BCUT2D eigenvalue weighted by Gasteiger charge is -2.22. The van der Waals surface area contributed by atoms with Gasteiger partial charge in [-0.15, -0.1) is 0 Å². The highest BCUT2D eigenvalue weighted by Gasteiger charge is 2.18. The Balaban J connectivity index is 1.91. The molecular weight excluding hydrogens is 333 g/mol. The van der Waals surface area contributed by atoms with Crippen LogP contribution in [-0.4, -0.2) is 17.0 Å². The Morgan fingerprint density at radius 1 is 1.15 bits per heavy atom. The van der Waals surface area contributed by atoms with Crippen LogP contribution in [0.15, 0.2) is 36.4 Å². The van der Waals surface area contributed by atoms with Gasteiger partial charge in [-0.3, -0.25) is 4.79 Å². The third-order valence-corrected chi connectivity index (χ3v) is 4.61. The van der Waals surface area contributed by atoms with Gasteiger partial charge in [0.25, 0.3) is 0 Å². The van der Waals surface area contributed by atoms with Gasteiger partial charge in [0.15, 0.2) is 0 Å². The molecule has 0 fully saturated rings. The second-order valence-corrected chi connectivity index (χ2v) is 6.62. The lowest BCUT2D eigenvalue weighted by atomic mass is 9.83. The van der Waals surface area contributed by atoms with Crippen molar-refractivity contribution in [1.82, 2.24) is 0 Å². The minimum Gasteiger partial charge on any atom is -0.478 e. The van der Waals surface area contributed by atoms with Crippen molar-refractivity contribution in [3.8, 4) is 0 Å². The van der Waals surface area contributed by atoms with E-state index in [1.54, 1.807) is 0 Å². The summed E-state index contributed by atoms with van der Waals surface area (Å²) in [7, 11) is 0. The topological polar surface area (TPSA) is 66.4 Å². The van der Waals surface area contributed by atoms with Gasteiger partial charge in [-0.2, -0.15) is 0 Å². The molecule has 0 bridgehead atoms. The first-order valence-electron chi connectivity index (χ1n) is 8.50. The maximum atomic E-state index is 13.3. The number of carbonyl (C=O) groups excluding carboxylic acids is 1. The first-order chi connectivity index (χ1) is 12.3. The van der Waals surface area contributed by atoms with Crippen LogP contribution in [0.3, 0.4) is 0 Å². The SMILES string of the molecule is Cc1cc(C)c2c(c1)/C(=C\C(=O)Nc1ccc(F)cc1C(=O)O)CCC2. The van der Waals surface area contributed by atoms with E-state index in [-0.39, 0.29) is 11.3 Å². The van der Waals surface area contributed by atoms with Gasteiger partial charge >= 0.3 is 5.97 Å². The predicted octanol–water partition coefficient (Wildman–Crippen LogP) is 4.50. The molecule has 3 rings (SSSR count). The van der Waals surface area contributed by atoms with Crippen LogP contribution in [0.1, 0.15) is 45.5 Å². The van der Waals surface area contributed by atoms with Crippen LogP contribution in [0.2, 0.25) is 0 Å². The van der Waals surface area contributed by atoms with E-state index in [0.717, 1.165) is 48.1 Å². The summed E-state index contributed by atoms with van der Waals surface area (Å²) < 4.78 is 13.3. The predicted molar refractivity (Wildman–Crippen MR) is 98.8 cm³/mol. The minimum absolute atomic E-state index is 0.0807. The summed E-state index contributed by atoms with van der Waals surface area (Å²) in [5.41, 5.74) is 5.45. The number of rotatable bonds is 3. The van der Waals surface area contributed by atoms with Crippen molar-refractivity contribution < 1.29 is 19.1 Å². The molecule has 0 radical (unpaired) electrons. The van der Waals surface area contributed by atoms with E-state index in [1.165, 1.54) is 23.3 Å². The lowest BCUT2D eigenvalue weighted by molar-refractivity contribution is -0.111. The summed E-state index contributed by atoms with van der Waals surface area (Å²) >= 11 is 0. The average molecular weight is 353 g/mol. The molecule has 4 nitrogen and oxygen atoms in total. The zero-order valence-corrected chi connectivity index (χ0v) is 14.7. The van der Waals surface area contributed by atoms with Crippen LogP contribution < -0.4 is 5.32 Å². The van der Waals surface area contributed by atoms with Crippen molar-refractivity contribution in [2.24, 2.45) is 0 Å². The zero-order chi connectivity index (χ0) is 18.8. The summed E-state index contributed by atoms with van der Waals surface area (Å²) in [5.74, 6) is -2.37. The van der Waals surface area contributed by atoms with E-state index in [1.807, 2.05) is 6.92 Å². The number of anilines is 1. The van der Waals surface area contributed by atoms with Gasteiger partial charge in [0.2, 0.25) is 5.91 Å². The number of hydrogen-bond donors (Lipinski definition) is 2. The number of fused-ring (bicyclic) bond motifs is 1. The molecule has 0 aliphatic heterocycles. The van der Waals surface area contributed by atoms with Gasteiger partial charge in [-0.1, -0.05) is 17.7 Å². The number of carboxylic acids is 1. The molecule has 0 aromatic heterocycles. The Bertz CT molecular complexity index is 931. The van der Waals surface area contributed by atoms with Crippen LogP contribution in [0.5, 0.6) is 0 Å². The first-order valence-corrected chi connectivity index (χ1v) is 8.50. The molecule has 2 N–H and O–H groups in total. The Labute approximate surface area is 151 Å². The number of benzene rings is 2. The van der Waals surface area contributed by atoms with Crippen molar-refractivity contribution in [1.29, 1.82) is 0 Å². The van der Waals surface area contributed by atoms with Crippen LogP contribution in [0.25, 0.3) is 5.57 Å². The molecule has 1 aliphatic carbocycles. The van der Waals surface area contributed by atoms with Gasteiger partial charge in [0.1, 0.15) is 5.82 Å². The summed E-state index contributed by atoms with van der Waals surface area (Å²) in [5, 5.41) is 11.7. The maximum absolute atomic E-state index is 13.3. The van der Waals surface area contributed by atoms with E-state index in [0.29, 0.717) is 0 Å². The molecule has 0 spiro atoms. The number of amides is 1. The van der Waals surface area contributed by atoms with E-state index < -0.39 is 17.7 Å². The molecule has 1 amide bonds. The van der Waals surface area contributed by atoms with Crippen molar-refractivity contribution in [2.45, 2.75) is 33.1 Å². The van der Waals surface area contributed by atoms with Crippen molar-refractivity contribution in [3.05, 3.63) is 70.0 Å². The molecule has 0 unspecified atom stereocenters. The quantitative estimate of drug-likeness (QED) is 0.799. The van der Waals surface area contributed by atoms with Crippen molar-refractivity contribution in [3.63, 3.8) is 0 Å². The second kappa shape index (κ2) is 7.12. The van der Waals surface area contributed by atoms with Gasteiger partial charge in [0.05, 0.1) is 11.3 Å². The fourth-order valence-corrected chi connectivity index (χ4v) is 3.49. The van der Waals surface area contributed by atoms with Crippen LogP contribution in [-0.2, 0) is 11.2 Å². The number of nitrogens with one attached hydrogen (secondary N) is 1. The fraction of sp³-hybridized carbons (Fsp3) is 0.238. The molecule has 0 saturated carbocycles. The largest absolute Gasteiger partial charge is 0.478 e. The normalized spacial score (nSPS) is 14.8. The van der Waals surface area contributed by atoms with E-state index >= 15 is 0 Å². The van der Waals surface area contributed by atoms with Gasteiger partial charge in [-0.25, -0.2) is 9.18 Å². The standard InChI is InChI=1S/C21H20FNO3/c1-12-8-13(2)16-5-3-4-14(17(16)9-12)10-20(24)23-19-7-6-15(22)11-18(19)21(25)26/h6-11H,3-5H2,1-2H3,(H,23,24)(H,25,26)/b14-10-. The molecule has 0 atom stereocenters. The van der Waals surface area contributed by atoms with Gasteiger partial charge < -0.3 is 10.4 Å². The Kier molecular flexibility index (Phi) is 4.89. The number of carbonyl (C=O) groups is 2. The number of allylic oxidation sites excluding steroid dienone is 1. The molecule has 2 aromatic carbocycles.